The number of carbonyl (C=O) groups is 1. The van der Waals surface area contributed by atoms with Crippen molar-refractivity contribution in [1.29, 1.82) is 0 Å². The highest BCUT2D eigenvalue weighted by Crippen LogP contribution is 2.23. The Hall–Kier alpha value is -2.59. The van der Waals surface area contributed by atoms with Crippen molar-refractivity contribution in [3.05, 3.63) is 71.9 Å². The van der Waals surface area contributed by atoms with Gasteiger partial charge in [-0.25, -0.2) is 0 Å². The van der Waals surface area contributed by atoms with Crippen molar-refractivity contribution in [1.82, 2.24) is 9.47 Å². The first kappa shape index (κ1) is 16.9. The Bertz CT molecular complexity index is 901. The second kappa shape index (κ2) is 7.34. The lowest BCUT2D eigenvalue weighted by Crippen LogP contribution is -2.42. The molecular weight excluding hydrogens is 324 g/mol. The van der Waals surface area contributed by atoms with Crippen LogP contribution in [0.4, 0.5) is 0 Å². The lowest BCUT2D eigenvalue weighted by molar-refractivity contribution is -0.139. The molecule has 3 aromatic rings. The highest BCUT2D eigenvalue weighted by Gasteiger charge is 2.25. The number of ether oxygens (including phenoxy) is 1. The summed E-state index contributed by atoms with van der Waals surface area (Å²) in [7, 11) is 0. The molecule has 0 aliphatic carbocycles. The summed E-state index contributed by atoms with van der Waals surface area (Å²) < 4.78 is 8.03. The number of amides is 1. The fourth-order valence-electron chi connectivity index (χ4n) is 3.63. The molecule has 1 aromatic heterocycles. The van der Waals surface area contributed by atoms with Crippen LogP contribution in [0, 0.1) is 6.92 Å². The average Bonchev–Trinajstić information content (AvgIpc) is 3.09. The number of hydrogen-bond donors (Lipinski definition) is 0. The molecule has 1 fully saturated rings. The fraction of sp³-hybridized carbons (Fsp3) is 0.318. The van der Waals surface area contributed by atoms with Gasteiger partial charge in [-0.3, -0.25) is 4.79 Å². The summed E-state index contributed by atoms with van der Waals surface area (Å²) in [6, 6.07) is 18.7. The maximum atomic E-state index is 12.7. The van der Waals surface area contributed by atoms with Crippen molar-refractivity contribution in [2.75, 3.05) is 19.7 Å². The van der Waals surface area contributed by atoms with Crippen molar-refractivity contribution in [2.24, 2.45) is 0 Å². The van der Waals surface area contributed by atoms with Crippen LogP contribution in [0.5, 0.6) is 0 Å². The molecule has 4 rings (SSSR count). The third-order valence-corrected chi connectivity index (χ3v) is 5.08. The smallest absolute Gasteiger partial charge is 0.224 e. The normalized spacial score (nSPS) is 17.6. The lowest BCUT2D eigenvalue weighted by Gasteiger charge is -2.33. The maximum Gasteiger partial charge on any atom is 0.224 e. The largest absolute Gasteiger partial charge is 0.370 e. The van der Waals surface area contributed by atoms with Crippen LogP contribution in [0.3, 0.4) is 0 Å². The standard InChI is InChI=1S/C22H24N2O2/c1-17-7-8-20-19(15-17)9-11-23(20)12-10-22(25)24-13-14-26-21(16-24)18-5-3-2-4-6-18/h2-9,11,15,21H,10,12-14,16H2,1H3/t21-/m0/s1. The van der Waals surface area contributed by atoms with Gasteiger partial charge in [-0.2, -0.15) is 0 Å². The van der Waals surface area contributed by atoms with E-state index in [4.69, 9.17) is 4.74 Å². The molecule has 4 nitrogen and oxygen atoms in total. The van der Waals surface area contributed by atoms with Crippen LogP contribution in [-0.4, -0.2) is 35.1 Å². The number of benzene rings is 2. The molecule has 0 bridgehead atoms. The Morgan fingerprint density at radius 2 is 2.00 bits per heavy atom. The van der Waals surface area contributed by atoms with E-state index in [9.17, 15) is 4.79 Å². The first-order valence-corrected chi connectivity index (χ1v) is 9.20. The Morgan fingerprint density at radius 3 is 2.85 bits per heavy atom. The molecule has 26 heavy (non-hydrogen) atoms. The zero-order chi connectivity index (χ0) is 17.9. The Labute approximate surface area is 154 Å². The quantitative estimate of drug-likeness (QED) is 0.716. The van der Waals surface area contributed by atoms with Crippen LogP contribution in [0.2, 0.25) is 0 Å². The van der Waals surface area contributed by atoms with Crippen LogP contribution < -0.4 is 0 Å². The van der Waals surface area contributed by atoms with Crippen LogP contribution >= 0.6 is 0 Å². The van der Waals surface area contributed by atoms with Gasteiger partial charge in [0.05, 0.1) is 13.2 Å². The van der Waals surface area contributed by atoms with E-state index < -0.39 is 0 Å². The summed E-state index contributed by atoms with van der Waals surface area (Å²) in [5.41, 5.74) is 3.58. The highest BCUT2D eigenvalue weighted by atomic mass is 16.5. The third kappa shape index (κ3) is 3.51. The first-order valence-electron chi connectivity index (χ1n) is 9.20. The topological polar surface area (TPSA) is 34.5 Å². The van der Waals surface area contributed by atoms with E-state index in [0.29, 0.717) is 32.7 Å². The van der Waals surface area contributed by atoms with Gasteiger partial charge in [0.1, 0.15) is 6.10 Å². The molecule has 1 atom stereocenters. The third-order valence-electron chi connectivity index (χ3n) is 5.08. The van der Waals surface area contributed by atoms with Crippen molar-refractivity contribution in [3.63, 3.8) is 0 Å². The molecule has 0 saturated carbocycles. The molecule has 4 heteroatoms. The zero-order valence-corrected chi connectivity index (χ0v) is 15.1. The summed E-state index contributed by atoms with van der Waals surface area (Å²) in [5.74, 6) is 0.197. The Balaban J connectivity index is 1.39. The number of aromatic nitrogens is 1. The van der Waals surface area contributed by atoms with Gasteiger partial charge in [-0.05, 0) is 36.1 Å². The maximum absolute atomic E-state index is 12.7. The van der Waals surface area contributed by atoms with Gasteiger partial charge < -0.3 is 14.2 Å². The van der Waals surface area contributed by atoms with E-state index in [1.807, 2.05) is 23.1 Å². The molecule has 2 aromatic carbocycles. The number of nitrogens with zero attached hydrogens (tertiary/aromatic N) is 2. The molecule has 1 aliphatic heterocycles. The number of rotatable bonds is 4. The molecule has 1 saturated heterocycles. The monoisotopic (exact) mass is 348 g/mol. The second-order valence-electron chi connectivity index (χ2n) is 6.93. The second-order valence-corrected chi connectivity index (χ2v) is 6.93. The lowest BCUT2D eigenvalue weighted by atomic mass is 10.1. The minimum Gasteiger partial charge on any atom is -0.370 e. The molecular formula is C22H24N2O2. The van der Waals surface area contributed by atoms with Gasteiger partial charge in [-0.1, -0.05) is 42.0 Å². The predicted octanol–water partition coefficient (Wildman–Crippen LogP) is 3.94. The van der Waals surface area contributed by atoms with Crippen LogP contribution in [0.15, 0.2) is 60.8 Å². The highest BCUT2D eigenvalue weighted by molar-refractivity contribution is 5.81. The van der Waals surface area contributed by atoms with E-state index in [-0.39, 0.29) is 12.0 Å². The van der Waals surface area contributed by atoms with Gasteiger partial charge >= 0.3 is 0 Å². The summed E-state index contributed by atoms with van der Waals surface area (Å²) >= 11 is 0. The molecule has 0 N–H and O–H groups in total. The van der Waals surface area contributed by atoms with E-state index in [1.165, 1.54) is 16.5 Å². The number of morpholine rings is 1. The van der Waals surface area contributed by atoms with Crippen molar-refractivity contribution in [2.45, 2.75) is 26.0 Å². The van der Waals surface area contributed by atoms with Crippen molar-refractivity contribution < 1.29 is 9.53 Å². The van der Waals surface area contributed by atoms with Gasteiger partial charge in [-0.15, -0.1) is 0 Å². The summed E-state index contributed by atoms with van der Waals surface area (Å²) in [6.07, 6.45) is 2.56. The minimum atomic E-state index is -0.0238. The van der Waals surface area contributed by atoms with E-state index in [0.717, 1.165) is 5.56 Å². The molecule has 1 amide bonds. The SMILES string of the molecule is Cc1ccc2c(ccn2CCC(=O)N2CCO[C@H](c3ccccc3)C2)c1. The zero-order valence-electron chi connectivity index (χ0n) is 15.1. The van der Waals surface area contributed by atoms with Crippen molar-refractivity contribution in [3.8, 4) is 0 Å². The molecule has 2 heterocycles. The van der Waals surface area contributed by atoms with E-state index in [2.05, 4.69) is 54.1 Å². The van der Waals surface area contributed by atoms with Crippen LogP contribution in [0.25, 0.3) is 10.9 Å². The molecule has 134 valence electrons. The van der Waals surface area contributed by atoms with E-state index in [1.54, 1.807) is 0 Å². The Kier molecular flexibility index (Phi) is 4.76. The summed E-state index contributed by atoms with van der Waals surface area (Å²) in [5, 5.41) is 1.23. The minimum absolute atomic E-state index is 0.0238. The molecule has 0 radical (unpaired) electrons. The molecule has 0 spiro atoms. The fourth-order valence-corrected chi connectivity index (χ4v) is 3.63. The molecule has 1 aliphatic rings. The number of fused-ring (bicyclic) bond motifs is 1. The number of hydrogen-bond acceptors (Lipinski definition) is 2. The Morgan fingerprint density at radius 1 is 1.15 bits per heavy atom. The molecule has 0 unspecified atom stereocenters. The van der Waals surface area contributed by atoms with Crippen LogP contribution in [-0.2, 0) is 16.1 Å². The van der Waals surface area contributed by atoms with Gasteiger partial charge in [0, 0.05) is 31.2 Å². The van der Waals surface area contributed by atoms with Crippen molar-refractivity contribution >= 4 is 16.8 Å². The summed E-state index contributed by atoms with van der Waals surface area (Å²) in [6.45, 7) is 4.71. The average molecular weight is 348 g/mol. The number of carbonyl (C=O) groups excluding carboxylic acids is 1. The summed E-state index contributed by atoms with van der Waals surface area (Å²) in [4.78, 5) is 14.7. The van der Waals surface area contributed by atoms with Gasteiger partial charge in [0.15, 0.2) is 0 Å². The van der Waals surface area contributed by atoms with Gasteiger partial charge in [0.25, 0.3) is 0 Å². The first-order chi connectivity index (χ1) is 12.7. The van der Waals surface area contributed by atoms with E-state index >= 15 is 0 Å². The van der Waals surface area contributed by atoms with Gasteiger partial charge in [0.2, 0.25) is 5.91 Å². The number of aryl methyl sites for hydroxylation is 2. The van der Waals surface area contributed by atoms with Crippen LogP contribution in [0.1, 0.15) is 23.7 Å². The predicted molar refractivity (Wildman–Crippen MR) is 103 cm³/mol.